The molecule has 2 N–H and O–H groups in total. The number of hydrogen-bond donors (Lipinski definition) is 1. The van der Waals surface area contributed by atoms with Crippen molar-refractivity contribution in [1.29, 1.82) is 0 Å². The molecular formula is C14H15BrN2O. The largest absolute Gasteiger partial charge is 0.487 e. The second kappa shape index (κ2) is 5.40. The van der Waals surface area contributed by atoms with Crippen molar-refractivity contribution in [2.75, 3.05) is 5.73 Å². The van der Waals surface area contributed by atoms with Gasteiger partial charge in [0.25, 0.3) is 0 Å². The number of aryl methyl sites for hydroxylation is 1. The Labute approximate surface area is 115 Å². The number of aromatic nitrogens is 1. The van der Waals surface area contributed by atoms with Crippen molar-refractivity contribution in [2.24, 2.45) is 0 Å². The van der Waals surface area contributed by atoms with Crippen LogP contribution in [0.15, 0.2) is 34.9 Å². The van der Waals surface area contributed by atoms with Crippen LogP contribution in [0.3, 0.4) is 0 Å². The number of halogens is 1. The van der Waals surface area contributed by atoms with Crippen LogP contribution in [-0.2, 0) is 6.61 Å². The van der Waals surface area contributed by atoms with Gasteiger partial charge in [-0.05, 0) is 53.5 Å². The van der Waals surface area contributed by atoms with Gasteiger partial charge in [-0.1, -0.05) is 6.07 Å². The van der Waals surface area contributed by atoms with Gasteiger partial charge in [-0.2, -0.15) is 0 Å². The van der Waals surface area contributed by atoms with Crippen molar-refractivity contribution in [3.63, 3.8) is 0 Å². The first-order valence-electron chi connectivity index (χ1n) is 5.67. The predicted octanol–water partition coefficient (Wildman–Crippen LogP) is 3.62. The van der Waals surface area contributed by atoms with Crippen LogP contribution in [0.5, 0.6) is 5.75 Å². The lowest BCUT2D eigenvalue weighted by Crippen LogP contribution is -2.02. The molecule has 0 bridgehead atoms. The highest BCUT2D eigenvalue weighted by Gasteiger charge is 2.07. The highest BCUT2D eigenvalue weighted by atomic mass is 79.9. The van der Waals surface area contributed by atoms with E-state index in [0.29, 0.717) is 6.61 Å². The maximum Gasteiger partial charge on any atom is 0.130 e. The van der Waals surface area contributed by atoms with Gasteiger partial charge < -0.3 is 10.5 Å². The summed E-state index contributed by atoms with van der Waals surface area (Å²) in [6.45, 7) is 4.42. The van der Waals surface area contributed by atoms with Crippen LogP contribution in [0, 0.1) is 13.8 Å². The molecule has 1 aromatic carbocycles. The summed E-state index contributed by atoms with van der Waals surface area (Å²) in [5.41, 5.74) is 9.58. The molecule has 0 amide bonds. The fraction of sp³-hybridized carbons (Fsp3) is 0.214. The monoisotopic (exact) mass is 306 g/mol. The van der Waals surface area contributed by atoms with Crippen molar-refractivity contribution in [3.8, 4) is 5.75 Å². The smallest absolute Gasteiger partial charge is 0.130 e. The molecule has 1 heterocycles. The minimum absolute atomic E-state index is 0.443. The summed E-state index contributed by atoms with van der Waals surface area (Å²) >= 11 is 3.35. The zero-order chi connectivity index (χ0) is 13.1. The standard InChI is InChI=1S/C14H15BrN2O/c1-9-3-6-13(16)10(2)14(9)18-8-12-5-4-11(15)7-17-12/h3-7H,8,16H2,1-2H3. The SMILES string of the molecule is Cc1ccc(N)c(C)c1OCc1ccc(Br)cn1. The van der Waals surface area contributed by atoms with E-state index in [4.69, 9.17) is 10.5 Å². The van der Waals surface area contributed by atoms with Crippen LogP contribution < -0.4 is 10.5 Å². The normalized spacial score (nSPS) is 10.4. The summed E-state index contributed by atoms with van der Waals surface area (Å²) in [6, 6.07) is 7.74. The Bertz CT molecular complexity index is 552. The number of rotatable bonds is 3. The third-order valence-electron chi connectivity index (χ3n) is 2.80. The summed E-state index contributed by atoms with van der Waals surface area (Å²) in [5.74, 6) is 0.847. The highest BCUT2D eigenvalue weighted by molar-refractivity contribution is 9.10. The number of hydrogen-bond acceptors (Lipinski definition) is 3. The third-order valence-corrected chi connectivity index (χ3v) is 3.27. The average molecular weight is 307 g/mol. The van der Waals surface area contributed by atoms with Gasteiger partial charge in [0, 0.05) is 21.9 Å². The van der Waals surface area contributed by atoms with Gasteiger partial charge in [0.15, 0.2) is 0 Å². The molecule has 0 aliphatic heterocycles. The number of benzene rings is 1. The Morgan fingerprint density at radius 3 is 2.67 bits per heavy atom. The minimum Gasteiger partial charge on any atom is -0.487 e. The van der Waals surface area contributed by atoms with E-state index in [2.05, 4.69) is 20.9 Å². The first kappa shape index (κ1) is 12.9. The van der Waals surface area contributed by atoms with E-state index in [0.717, 1.165) is 32.7 Å². The molecule has 0 aliphatic carbocycles. The van der Waals surface area contributed by atoms with Gasteiger partial charge >= 0.3 is 0 Å². The first-order chi connectivity index (χ1) is 8.58. The minimum atomic E-state index is 0.443. The quantitative estimate of drug-likeness (QED) is 0.881. The van der Waals surface area contributed by atoms with Crippen molar-refractivity contribution in [3.05, 3.63) is 51.8 Å². The molecule has 0 atom stereocenters. The van der Waals surface area contributed by atoms with Gasteiger partial charge in [-0.3, -0.25) is 4.98 Å². The molecule has 0 unspecified atom stereocenters. The molecule has 2 rings (SSSR count). The summed E-state index contributed by atoms with van der Waals surface area (Å²) in [7, 11) is 0. The number of ether oxygens (including phenoxy) is 1. The average Bonchev–Trinajstić information content (AvgIpc) is 2.36. The Morgan fingerprint density at radius 2 is 2.00 bits per heavy atom. The number of nitrogen functional groups attached to an aromatic ring is 1. The summed E-state index contributed by atoms with van der Waals surface area (Å²) in [4.78, 5) is 4.27. The topological polar surface area (TPSA) is 48.1 Å². The lowest BCUT2D eigenvalue weighted by atomic mass is 10.1. The Balaban J connectivity index is 2.15. The Morgan fingerprint density at radius 1 is 1.22 bits per heavy atom. The Kier molecular flexibility index (Phi) is 3.87. The lowest BCUT2D eigenvalue weighted by Gasteiger charge is -2.13. The van der Waals surface area contributed by atoms with E-state index in [1.54, 1.807) is 6.20 Å². The number of nitrogens with zero attached hydrogens (tertiary/aromatic N) is 1. The van der Waals surface area contributed by atoms with Crippen LogP contribution >= 0.6 is 15.9 Å². The molecule has 0 aliphatic rings. The van der Waals surface area contributed by atoms with Gasteiger partial charge in [0.05, 0.1) is 5.69 Å². The summed E-state index contributed by atoms with van der Waals surface area (Å²) < 4.78 is 6.78. The van der Waals surface area contributed by atoms with Gasteiger partial charge in [0.2, 0.25) is 0 Å². The van der Waals surface area contributed by atoms with E-state index < -0.39 is 0 Å². The maximum atomic E-state index is 5.88. The van der Waals surface area contributed by atoms with Crippen molar-refractivity contribution in [1.82, 2.24) is 4.98 Å². The first-order valence-corrected chi connectivity index (χ1v) is 6.46. The molecule has 4 heteroatoms. The molecular weight excluding hydrogens is 292 g/mol. The van der Waals surface area contributed by atoms with E-state index in [9.17, 15) is 0 Å². The van der Waals surface area contributed by atoms with Gasteiger partial charge in [-0.25, -0.2) is 0 Å². The third kappa shape index (κ3) is 2.82. The van der Waals surface area contributed by atoms with Crippen LogP contribution in [0.2, 0.25) is 0 Å². The van der Waals surface area contributed by atoms with Crippen LogP contribution in [0.4, 0.5) is 5.69 Å². The number of pyridine rings is 1. The predicted molar refractivity (Wildman–Crippen MR) is 76.6 cm³/mol. The van der Waals surface area contributed by atoms with Crippen LogP contribution in [0.1, 0.15) is 16.8 Å². The molecule has 94 valence electrons. The van der Waals surface area contributed by atoms with Crippen molar-refractivity contribution in [2.45, 2.75) is 20.5 Å². The maximum absolute atomic E-state index is 5.88. The van der Waals surface area contributed by atoms with Crippen LogP contribution in [0.25, 0.3) is 0 Å². The van der Waals surface area contributed by atoms with E-state index in [-0.39, 0.29) is 0 Å². The lowest BCUT2D eigenvalue weighted by molar-refractivity contribution is 0.297. The molecule has 0 fully saturated rings. The molecule has 0 saturated carbocycles. The molecule has 0 saturated heterocycles. The second-order valence-electron chi connectivity index (χ2n) is 4.18. The molecule has 3 nitrogen and oxygen atoms in total. The van der Waals surface area contributed by atoms with Crippen LogP contribution in [-0.4, -0.2) is 4.98 Å². The molecule has 0 radical (unpaired) electrons. The summed E-state index contributed by atoms with van der Waals surface area (Å²) in [5, 5.41) is 0. The second-order valence-corrected chi connectivity index (χ2v) is 5.10. The fourth-order valence-corrected chi connectivity index (χ4v) is 1.94. The van der Waals surface area contributed by atoms with Gasteiger partial charge in [0.1, 0.15) is 12.4 Å². The van der Waals surface area contributed by atoms with E-state index in [1.807, 2.05) is 38.1 Å². The molecule has 18 heavy (non-hydrogen) atoms. The molecule has 2 aromatic rings. The van der Waals surface area contributed by atoms with Gasteiger partial charge in [-0.15, -0.1) is 0 Å². The summed E-state index contributed by atoms with van der Waals surface area (Å²) in [6.07, 6.45) is 1.76. The zero-order valence-electron chi connectivity index (χ0n) is 10.4. The fourth-order valence-electron chi connectivity index (χ4n) is 1.70. The molecule has 1 aromatic heterocycles. The van der Waals surface area contributed by atoms with Crippen molar-refractivity contribution < 1.29 is 4.74 Å². The zero-order valence-corrected chi connectivity index (χ0v) is 12.0. The number of anilines is 1. The number of nitrogens with two attached hydrogens (primary N) is 1. The molecule has 0 spiro atoms. The van der Waals surface area contributed by atoms with E-state index in [1.165, 1.54) is 0 Å². The van der Waals surface area contributed by atoms with Crippen molar-refractivity contribution >= 4 is 21.6 Å². The Hall–Kier alpha value is -1.55. The van der Waals surface area contributed by atoms with E-state index >= 15 is 0 Å². The highest BCUT2D eigenvalue weighted by Crippen LogP contribution is 2.28.